The van der Waals surface area contributed by atoms with Crippen LogP contribution >= 0.6 is 0 Å². The summed E-state index contributed by atoms with van der Waals surface area (Å²) in [5, 5.41) is 0. The van der Waals surface area contributed by atoms with Crippen LogP contribution in [0.15, 0.2) is 12.1 Å². The first-order valence-electron chi connectivity index (χ1n) is 4.89. The molecule has 0 spiro atoms. The molecule has 0 bridgehead atoms. The molecule has 1 nitrogen and oxygen atoms in total. The standard InChI is InChI=1S/C12H16O/c1-8-4-10(3)12-11(5-8)6-9(2)7-13-12/h4-5,9H,6-7H2,1-3H3. The van der Waals surface area contributed by atoms with Crippen LogP contribution in [-0.4, -0.2) is 6.61 Å². The van der Waals surface area contributed by atoms with E-state index in [1.165, 1.54) is 16.7 Å². The maximum atomic E-state index is 5.72. The summed E-state index contributed by atoms with van der Waals surface area (Å²) in [5.74, 6) is 1.79. The second kappa shape index (κ2) is 3.06. The van der Waals surface area contributed by atoms with Crippen molar-refractivity contribution < 1.29 is 4.74 Å². The highest BCUT2D eigenvalue weighted by Crippen LogP contribution is 2.31. The zero-order chi connectivity index (χ0) is 9.42. The van der Waals surface area contributed by atoms with Gasteiger partial charge in [0, 0.05) is 0 Å². The maximum absolute atomic E-state index is 5.72. The molecule has 1 aliphatic heterocycles. The molecule has 1 unspecified atom stereocenters. The van der Waals surface area contributed by atoms with E-state index in [4.69, 9.17) is 4.74 Å². The Hall–Kier alpha value is -0.980. The minimum absolute atomic E-state index is 0.661. The number of fused-ring (bicyclic) bond motifs is 1. The Morgan fingerprint density at radius 1 is 1.31 bits per heavy atom. The first kappa shape index (κ1) is 8.61. The molecule has 1 heterocycles. The summed E-state index contributed by atoms with van der Waals surface area (Å²) in [6.07, 6.45) is 1.16. The van der Waals surface area contributed by atoms with Crippen LogP contribution in [0.3, 0.4) is 0 Å². The third-order valence-corrected chi connectivity index (χ3v) is 2.58. The molecule has 0 saturated carbocycles. The molecule has 0 radical (unpaired) electrons. The summed E-state index contributed by atoms with van der Waals surface area (Å²) in [4.78, 5) is 0. The summed E-state index contributed by atoms with van der Waals surface area (Å²) >= 11 is 0. The van der Waals surface area contributed by atoms with E-state index in [1.807, 2.05) is 0 Å². The lowest BCUT2D eigenvalue weighted by Gasteiger charge is -2.24. The fourth-order valence-corrected chi connectivity index (χ4v) is 2.06. The quantitative estimate of drug-likeness (QED) is 0.590. The van der Waals surface area contributed by atoms with Gasteiger partial charge >= 0.3 is 0 Å². The van der Waals surface area contributed by atoms with Gasteiger partial charge in [0.1, 0.15) is 5.75 Å². The topological polar surface area (TPSA) is 9.23 Å². The van der Waals surface area contributed by atoms with E-state index in [9.17, 15) is 0 Å². The van der Waals surface area contributed by atoms with Crippen molar-refractivity contribution in [2.24, 2.45) is 5.92 Å². The Labute approximate surface area is 79.7 Å². The van der Waals surface area contributed by atoms with Crippen LogP contribution in [-0.2, 0) is 6.42 Å². The summed E-state index contributed by atoms with van der Waals surface area (Å²) in [7, 11) is 0. The Morgan fingerprint density at radius 3 is 2.85 bits per heavy atom. The Kier molecular flexibility index (Phi) is 2.03. The lowest BCUT2D eigenvalue weighted by Crippen LogP contribution is -2.18. The number of rotatable bonds is 0. The van der Waals surface area contributed by atoms with Crippen molar-refractivity contribution in [1.82, 2.24) is 0 Å². The van der Waals surface area contributed by atoms with Crippen molar-refractivity contribution >= 4 is 0 Å². The van der Waals surface area contributed by atoms with Gasteiger partial charge in [0.05, 0.1) is 6.61 Å². The number of hydrogen-bond acceptors (Lipinski definition) is 1. The summed E-state index contributed by atoms with van der Waals surface area (Å²) in [5.41, 5.74) is 4.01. The molecule has 70 valence electrons. The Bertz CT molecular complexity index is 328. The lowest BCUT2D eigenvalue weighted by molar-refractivity contribution is 0.232. The molecular weight excluding hydrogens is 160 g/mol. The predicted octanol–water partition coefficient (Wildman–Crippen LogP) is 2.87. The molecule has 0 aliphatic carbocycles. The molecule has 1 aliphatic rings. The van der Waals surface area contributed by atoms with Gasteiger partial charge in [0.2, 0.25) is 0 Å². The number of hydrogen-bond donors (Lipinski definition) is 0. The smallest absolute Gasteiger partial charge is 0.125 e. The van der Waals surface area contributed by atoms with Gasteiger partial charge in [-0.25, -0.2) is 0 Å². The SMILES string of the molecule is Cc1cc(C)c2c(c1)CC(C)CO2. The van der Waals surface area contributed by atoms with Crippen LogP contribution < -0.4 is 4.74 Å². The van der Waals surface area contributed by atoms with Crippen LogP contribution in [0.25, 0.3) is 0 Å². The van der Waals surface area contributed by atoms with Gasteiger partial charge in [-0.3, -0.25) is 0 Å². The van der Waals surface area contributed by atoms with Gasteiger partial charge in [-0.15, -0.1) is 0 Å². The van der Waals surface area contributed by atoms with Crippen molar-refractivity contribution in [1.29, 1.82) is 0 Å². The average Bonchev–Trinajstić information content (AvgIpc) is 2.02. The molecule has 13 heavy (non-hydrogen) atoms. The van der Waals surface area contributed by atoms with Crippen LogP contribution in [0.2, 0.25) is 0 Å². The molecule has 0 N–H and O–H groups in total. The molecule has 0 fully saturated rings. The first-order valence-corrected chi connectivity index (χ1v) is 4.89. The van der Waals surface area contributed by atoms with Crippen molar-refractivity contribution in [3.05, 3.63) is 28.8 Å². The molecule has 1 aromatic carbocycles. The van der Waals surface area contributed by atoms with Crippen LogP contribution in [0.5, 0.6) is 5.75 Å². The third-order valence-electron chi connectivity index (χ3n) is 2.58. The molecule has 0 aromatic heterocycles. The van der Waals surface area contributed by atoms with E-state index in [0.29, 0.717) is 5.92 Å². The molecule has 1 heteroatoms. The molecule has 1 aromatic rings. The normalized spacial score (nSPS) is 20.7. The first-order chi connectivity index (χ1) is 6.16. The zero-order valence-electron chi connectivity index (χ0n) is 8.55. The van der Waals surface area contributed by atoms with Gasteiger partial charge in [-0.2, -0.15) is 0 Å². The fraction of sp³-hybridized carbons (Fsp3) is 0.500. The highest BCUT2D eigenvalue weighted by Gasteiger charge is 2.17. The van der Waals surface area contributed by atoms with Gasteiger partial charge in [0.15, 0.2) is 0 Å². The molecular formula is C12H16O. The van der Waals surface area contributed by atoms with E-state index in [1.54, 1.807) is 0 Å². The van der Waals surface area contributed by atoms with Crippen molar-refractivity contribution in [3.8, 4) is 5.75 Å². The minimum Gasteiger partial charge on any atom is -0.493 e. The highest BCUT2D eigenvalue weighted by molar-refractivity contribution is 5.44. The number of benzene rings is 1. The minimum atomic E-state index is 0.661. The Morgan fingerprint density at radius 2 is 2.08 bits per heavy atom. The second-order valence-electron chi connectivity index (χ2n) is 4.19. The lowest BCUT2D eigenvalue weighted by atomic mass is 9.95. The van der Waals surface area contributed by atoms with Crippen molar-refractivity contribution in [2.45, 2.75) is 27.2 Å². The zero-order valence-corrected chi connectivity index (χ0v) is 8.55. The molecule has 0 amide bonds. The van der Waals surface area contributed by atoms with E-state index >= 15 is 0 Å². The van der Waals surface area contributed by atoms with Gasteiger partial charge in [-0.1, -0.05) is 24.6 Å². The van der Waals surface area contributed by atoms with Crippen molar-refractivity contribution in [3.63, 3.8) is 0 Å². The summed E-state index contributed by atoms with van der Waals surface area (Å²) in [6.45, 7) is 7.38. The molecule has 1 atom stereocenters. The van der Waals surface area contributed by atoms with E-state index in [2.05, 4.69) is 32.9 Å². The van der Waals surface area contributed by atoms with E-state index in [0.717, 1.165) is 18.8 Å². The van der Waals surface area contributed by atoms with Crippen LogP contribution in [0.1, 0.15) is 23.6 Å². The number of aryl methyl sites for hydroxylation is 2. The second-order valence-corrected chi connectivity index (χ2v) is 4.19. The summed E-state index contributed by atoms with van der Waals surface area (Å²) in [6, 6.07) is 4.44. The van der Waals surface area contributed by atoms with Gasteiger partial charge in [-0.05, 0) is 37.3 Å². The monoisotopic (exact) mass is 176 g/mol. The highest BCUT2D eigenvalue weighted by atomic mass is 16.5. The summed E-state index contributed by atoms with van der Waals surface area (Å²) < 4.78 is 5.72. The van der Waals surface area contributed by atoms with Crippen LogP contribution in [0.4, 0.5) is 0 Å². The van der Waals surface area contributed by atoms with E-state index in [-0.39, 0.29) is 0 Å². The predicted molar refractivity (Wildman–Crippen MR) is 54.3 cm³/mol. The molecule has 0 saturated heterocycles. The Balaban J connectivity index is 2.47. The molecule has 2 rings (SSSR count). The fourth-order valence-electron chi connectivity index (χ4n) is 2.06. The largest absolute Gasteiger partial charge is 0.493 e. The number of ether oxygens (including phenoxy) is 1. The van der Waals surface area contributed by atoms with Gasteiger partial charge in [0.25, 0.3) is 0 Å². The van der Waals surface area contributed by atoms with E-state index < -0.39 is 0 Å². The van der Waals surface area contributed by atoms with Crippen molar-refractivity contribution in [2.75, 3.05) is 6.61 Å². The average molecular weight is 176 g/mol. The van der Waals surface area contributed by atoms with Crippen LogP contribution in [0, 0.1) is 19.8 Å². The van der Waals surface area contributed by atoms with Gasteiger partial charge < -0.3 is 4.74 Å². The third kappa shape index (κ3) is 1.55. The maximum Gasteiger partial charge on any atom is 0.125 e.